The van der Waals surface area contributed by atoms with E-state index in [4.69, 9.17) is 5.73 Å². The number of ether oxygens (including phenoxy) is 1. The molecule has 1 unspecified atom stereocenters. The van der Waals surface area contributed by atoms with Gasteiger partial charge in [0.1, 0.15) is 6.04 Å². The molecule has 0 aliphatic heterocycles. The first-order chi connectivity index (χ1) is 7.91. The Morgan fingerprint density at radius 2 is 1.82 bits per heavy atom. The third-order valence-corrected chi connectivity index (χ3v) is 4.43. The first-order valence-electron chi connectivity index (χ1n) is 6.12. The van der Waals surface area contributed by atoms with Crippen LogP contribution >= 0.6 is 0 Å². The number of rotatable bonds is 3. The molecule has 0 aromatic carbocycles. The summed E-state index contributed by atoms with van der Waals surface area (Å²) >= 11 is 0. The summed E-state index contributed by atoms with van der Waals surface area (Å²) in [5.74, 6) is -2.79. The van der Waals surface area contributed by atoms with Gasteiger partial charge in [0.15, 0.2) is 0 Å². The smallest absolute Gasteiger partial charge is 0.323 e. The fourth-order valence-corrected chi connectivity index (χ4v) is 3.09. The van der Waals surface area contributed by atoms with Crippen LogP contribution in [-0.2, 0) is 9.53 Å². The van der Waals surface area contributed by atoms with Crippen LogP contribution in [0, 0.1) is 11.3 Å². The topological polar surface area (TPSA) is 52.3 Å². The summed E-state index contributed by atoms with van der Waals surface area (Å²) in [6.45, 7) is 0. The first kappa shape index (κ1) is 12.7. The predicted molar refractivity (Wildman–Crippen MR) is 58.6 cm³/mol. The number of esters is 1. The van der Waals surface area contributed by atoms with E-state index in [2.05, 4.69) is 4.74 Å². The van der Waals surface area contributed by atoms with Crippen molar-refractivity contribution in [3.05, 3.63) is 0 Å². The minimum atomic E-state index is -2.53. The van der Waals surface area contributed by atoms with E-state index in [1.54, 1.807) is 0 Å². The van der Waals surface area contributed by atoms with E-state index in [9.17, 15) is 13.6 Å². The number of alkyl halides is 2. The summed E-state index contributed by atoms with van der Waals surface area (Å²) in [6.07, 6.45) is 2.51. The average molecular weight is 247 g/mol. The highest BCUT2D eigenvalue weighted by atomic mass is 19.3. The molecule has 2 saturated carbocycles. The standard InChI is InChI=1S/C12H19F2NO2/c1-17-10(16)9(15)11(6-7-11)8-2-4-12(13,14)5-3-8/h8-9H,2-7,15H2,1H3. The molecule has 0 amide bonds. The van der Waals surface area contributed by atoms with E-state index >= 15 is 0 Å². The minimum Gasteiger partial charge on any atom is -0.468 e. The van der Waals surface area contributed by atoms with Crippen molar-refractivity contribution in [1.29, 1.82) is 0 Å². The van der Waals surface area contributed by atoms with E-state index in [1.807, 2.05) is 0 Å². The van der Waals surface area contributed by atoms with Gasteiger partial charge in [0, 0.05) is 12.8 Å². The molecule has 0 radical (unpaired) electrons. The summed E-state index contributed by atoms with van der Waals surface area (Å²) in [4.78, 5) is 11.5. The SMILES string of the molecule is COC(=O)C(N)C1(C2CCC(F)(F)CC2)CC1. The minimum absolute atomic E-state index is 0.0761. The van der Waals surface area contributed by atoms with Gasteiger partial charge in [0.2, 0.25) is 5.92 Å². The fraction of sp³-hybridized carbons (Fsp3) is 0.917. The van der Waals surface area contributed by atoms with Crippen molar-refractivity contribution >= 4 is 5.97 Å². The third kappa shape index (κ3) is 2.30. The molecule has 0 saturated heterocycles. The maximum atomic E-state index is 13.1. The molecule has 0 spiro atoms. The van der Waals surface area contributed by atoms with Crippen LogP contribution in [0.3, 0.4) is 0 Å². The average Bonchev–Trinajstić information content (AvgIpc) is 3.08. The zero-order valence-corrected chi connectivity index (χ0v) is 10.0. The second-order valence-corrected chi connectivity index (χ2v) is 5.36. The predicted octanol–water partition coefficient (Wildman–Crippen LogP) is 2.09. The number of carbonyl (C=O) groups is 1. The number of hydrogen-bond donors (Lipinski definition) is 1. The van der Waals surface area contributed by atoms with Crippen LogP contribution in [0.2, 0.25) is 0 Å². The Morgan fingerprint density at radius 1 is 1.29 bits per heavy atom. The van der Waals surface area contributed by atoms with E-state index in [0.717, 1.165) is 12.8 Å². The van der Waals surface area contributed by atoms with Gasteiger partial charge in [-0.1, -0.05) is 0 Å². The molecule has 98 valence electrons. The lowest BCUT2D eigenvalue weighted by Gasteiger charge is -2.36. The van der Waals surface area contributed by atoms with Gasteiger partial charge in [0.05, 0.1) is 7.11 Å². The van der Waals surface area contributed by atoms with Gasteiger partial charge in [-0.3, -0.25) is 4.79 Å². The lowest BCUT2D eigenvalue weighted by Crippen LogP contribution is -2.45. The third-order valence-electron chi connectivity index (χ3n) is 4.43. The van der Waals surface area contributed by atoms with Crippen LogP contribution in [0.5, 0.6) is 0 Å². The van der Waals surface area contributed by atoms with Gasteiger partial charge in [-0.25, -0.2) is 8.78 Å². The molecule has 3 nitrogen and oxygen atoms in total. The Balaban J connectivity index is 2.00. The second kappa shape index (κ2) is 4.19. The molecule has 5 heteroatoms. The highest BCUT2D eigenvalue weighted by Crippen LogP contribution is 2.59. The first-order valence-corrected chi connectivity index (χ1v) is 6.12. The van der Waals surface area contributed by atoms with Crippen LogP contribution < -0.4 is 5.73 Å². The normalized spacial score (nSPS) is 28.5. The molecule has 2 fully saturated rings. The molecule has 17 heavy (non-hydrogen) atoms. The van der Waals surface area contributed by atoms with Crippen LogP contribution in [-0.4, -0.2) is 25.0 Å². The van der Waals surface area contributed by atoms with Crippen molar-refractivity contribution in [3.8, 4) is 0 Å². The zero-order chi connectivity index (χ0) is 12.7. The summed E-state index contributed by atoms with van der Waals surface area (Å²) in [5.41, 5.74) is 5.64. The monoisotopic (exact) mass is 247 g/mol. The summed E-state index contributed by atoms with van der Waals surface area (Å²) < 4.78 is 30.8. The molecular formula is C12H19F2NO2. The molecule has 2 rings (SSSR count). The maximum absolute atomic E-state index is 13.1. The summed E-state index contributed by atoms with van der Waals surface area (Å²) in [5, 5.41) is 0. The van der Waals surface area contributed by atoms with Gasteiger partial charge in [-0.05, 0) is 37.0 Å². The molecule has 2 aliphatic carbocycles. The Hall–Kier alpha value is -0.710. The van der Waals surface area contributed by atoms with Gasteiger partial charge in [0.25, 0.3) is 0 Å². The molecule has 0 heterocycles. The second-order valence-electron chi connectivity index (χ2n) is 5.36. The van der Waals surface area contributed by atoms with Crippen molar-refractivity contribution in [2.75, 3.05) is 7.11 Å². The number of halogens is 2. The Labute approximate surface area is 99.7 Å². The van der Waals surface area contributed by atoms with Gasteiger partial charge in [-0.15, -0.1) is 0 Å². The Bertz CT molecular complexity index is 306. The molecule has 2 aliphatic rings. The van der Waals surface area contributed by atoms with Gasteiger partial charge >= 0.3 is 5.97 Å². The van der Waals surface area contributed by atoms with E-state index in [1.165, 1.54) is 7.11 Å². The number of hydrogen-bond acceptors (Lipinski definition) is 3. The fourth-order valence-electron chi connectivity index (χ4n) is 3.09. The maximum Gasteiger partial charge on any atom is 0.323 e. The zero-order valence-electron chi connectivity index (χ0n) is 10.0. The lowest BCUT2D eigenvalue weighted by atomic mass is 9.73. The van der Waals surface area contributed by atoms with Crippen molar-refractivity contribution in [1.82, 2.24) is 0 Å². The van der Waals surface area contributed by atoms with Crippen molar-refractivity contribution < 1.29 is 18.3 Å². The quantitative estimate of drug-likeness (QED) is 0.777. The molecule has 0 aromatic rings. The van der Waals surface area contributed by atoms with Crippen LogP contribution in [0.15, 0.2) is 0 Å². The Kier molecular flexibility index (Phi) is 3.14. The number of methoxy groups -OCH3 is 1. The van der Waals surface area contributed by atoms with E-state index in [0.29, 0.717) is 12.8 Å². The molecule has 1 atom stereocenters. The molecular weight excluding hydrogens is 228 g/mol. The van der Waals surface area contributed by atoms with Crippen molar-refractivity contribution in [2.24, 2.45) is 17.1 Å². The van der Waals surface area contributed by atoms with E-state index < -0.39 is 17.9 Å². The highest BCUT2D eigenvalue weighted by Gasteiger charge is 2.57. The summed E-state index contributed by atoms with van der Waals surface area (Å²) in [7, 11) is 1.31. The lowest BCUT2D eigenvalue weighted by molar-refractivity contribution is -0.145. The van der Waals surface area contributed by atoms with Crippen LogP contribution in [0.25, 0.3) is 0 Å². The highest BCUT2D eigenvalue weighted by molar-refractivity contribution is 5.77. The largest absolute Gasteiger partial charge is 0.468 e. The van der Waals surface area contributed by atoms with Crippen molar-refractivity contribution in [2.45, 2.75) is 50.5 Å². The summed E-state index contributed by atoms with van der Waals surface area (Å²) in [6, 6.07) is -0.649. The van der Waals surface area contributed by atoms with E-state index in [-0.39, 0.29) is 24.2 Å². The Morgan fingerprint density at radius 3 is 2.24 bits per heavy atom. The molecule has 0 aromatic heterocycles. The van der Waals surface area contributed by atoms with Crippen LogP contribution in [0.4, 0.5) is 8.78 Å². The number of carbonyl (C=O) groups excluding carboxylic acids is 1. The van der Waals surface area contributed by atoms with Gasteiger partial charge in [-0.2, -0.15) is 0 Å². The van der Waals surface area contributed by atoms with Crippen LogP contribution in [0.1, 0.15) is 38.5 Å². The van der Waals surface area contributed by atoms with Gasteiger partial charge < -0.3 is 10.5 Å². The van der Waals surface area contributed by atoms with Crippen molar-refractivity contribution in [3.63, 3.8) is 0 Å². The number of nitrogens with two attached hydrogens (primary N) is 1. The molecule has 2 N–H and O–H groups in total. The molecule has 0 bridgehead atoms.